The number of methoxy groups -OCH3 is 1. The van der Waals surface area contributed by atoms with E-state index in [1.54, 1.807) is 0 Å². The third-order valence-electron chi connectivity index (χ3n) is 4.05. The molecule has 0 saturated carbocycles. The molecule has 1 N–H and O–H groups in total. The van der Waals surface area contributed by atoms with Gasteiger partial charge in [-0.15, -0.1) is 0 Å². The summed E-state index contributed by atoms with van der Waals surface area (Å²) in [6.45, 7) is 10.4. The Morgan fingerprint density at radius 3 is 2.50 bits per heavy atom. The number of hydrogen-bond donors (Lipinski definition) is 1. The zero-order valence-electron chi connectivity index (χ0n) is 14.3. The second-order valence-electron chi connectivity index (χ2n) is 5.97. The van der Waals surface area contributed by atoms with Gasteiger partial charge in [0.1, 0.15) is 5.54 Å². The maximum absolute atomic E-state index is 12.0. The number of esters is 1. The molecule has 0 aliphatic rings. The number of rotatable bonds is 11. The lowest BCUT2D eigenvalue weighted by molar-refractivity contribution is -0.148. The van der Waals surface area contributed by atoms with E-state index in [2.05, 4.69) is 38.0 Å². The van der Waals surface area contributed by atoms with Gasteiger partial charge in [-0.05, 0) is 59.7 Å². The molecule has 0 aliphatic carbocycles. The van der Waals surface area contributed by atoms with Crippen molar-refractivity contribution in [2.75, 3.05) is 27.2 Å². The Labute approximate surface area is 125 Å². The predicted octanol–water partition coefficient (Wildman–Crippen LogP) is 2.82. The first-order valence-corrected chi connectivity index (χ1v) is 7.95. The molecule has 0 aromatic heterocycles. The van der Waals surface area contributed by atoms with Gasteiger partial charge in [0.2, 0.25) is 0 Å². The van der Waals surface area contributed by atoms with Crippen molar-refractivity contribution in [1.29, 1.82) is 0 Å². The molecule has 4 heteroatoms. The second kappa shape index (κ2) is 10.2. The van der Waals surface area contributed by atoms with Crippen LogP contribution in [0.25, 0.3) is 0 Å². The number of carbonyl (C=O) groups excluding carboxylic acids is 1. The first kappa shape index (κ1) is 19.4. The minimum absolute atomic E-state index is 0.157. The molecular formula is C16H34N2O2. The van der Waals surface area contributed by atoms with Crippen LogP contribution in [0, 0.1) is 0 Å². The smallest absolute Gasteiger partial charge is 0.325 e. The summed E-state index contributed by atoms with van der Waals surface area (Å²) in [6, 6.07) is 0.605. The van der Waals surface area contributed by atoms with Crippen LogP contribution in [-0.2, 0) is 9.53 Å². The summed E-state index contributed by atoms with van der Waals surface area (Å²) in [6.07, 6.45) is 5.25. The van der Waals surface area contributed by atoms with Gasteiger partial charge < -0.3 is 15.0 Å². The monoisotopic (exact) mass is 286 g/mol. The Morgan fingerprint density at radius 2 is 2.00 bits per heavy atom. The van der Waals surface area contributed by atoms with Crippen LogP contribution in [-0.4, -0.2) is 49.7 Å². The lowest BCUT2D eigenvalue weighted by Crippen LogP contribution is -2.50. The Bertz CT molecular complexity index is 271. The third kappa shape index (κ3) is 6.71. The van der Waals surface area contributed by atoms with Gasteiger partial charge in [-0.25, -0.2) is 0 Å². The summed E-state index contributed by atoms with van der Waals surface area (Å²) in [7, 11) is 3.62. The summed E-state index contributed by atoms with van der Waals surface area (Å²) in [4.78, 5) is 14.3. The van der Waals surface area contributed by atoms with E-state index in [0.29, 0.717) is 6.04 Å². The highest BCUT2D eigenvalue weighted by atomic mass is 16.5. The minimum atomic E-state index is -0.556. The fourth-order valence-electron chi connectivity index (χ4n) is 2.43. The minimum Gasteiger partial charge on any atom is -0.468 e. The summed E-state index contributed by atoms with van der Waals surface area (Å²) in [5.41, 5.74) is -0.556. The van der Waals surface area contributed by atoms with E-state index in [4.69, 9.17) is 4.74 Å². The Kier molecular flexibility index (Phi) is 9.86. The van der Waals surface area contributed by atoms with Crippen molar-refractivity contribution >= 4 is 5.97 Å². The lowest BCUT2D eigenvalue weighted by atomic mass is 9.95. The second-order valence-corrected chi connectivity index (χ2v) is 5.97. The number of hydrogen-bond acceptors (Lipinski definition) is 4. The van der Waals surface area contributed by atoms with Crippen molar-refractivity contribution in [3.63, 3.8) is 0 Å². The highest BCUT2D eigenvalue weighted by Gasteiger charge is 2.33. The number of nitrogens with one attached hydrogen (secondary N) is 1. The zero-order chi connectivity index (χ0) is 15.6. The predicted molar refractivity (Wildman–Crippen MR) is 84.9 cm³/mol. The highest BCUT2D eigenvalue weighted by Crippen LogP contribution is 2.16. The van der Waals surface area contributed by atoms with E-state index in [9.17, 15) is 4.79 Å². The number of carbonyl (C=O) groups is 1. The van der Waals surface area contributed by atoms with Crippen molar-refractivity contribution in [2.45, 2.75) is 71.4 Å². The van der Waals surface area contributed by atoms with Crippen LogP contribution >= 0.6 is 0 Å². The van der Waals surface area contributed by atoms with E-state index < -0.39 is 5.54 Å². The average Bonchev–Trinajstić information content (AvgIpc) is 2.44. The molecule has 0 bridgehead atoms. The normalized spacial score (nSPS) is 15.9. The maximum Gasteiger partial charge on any atom is 0.325 e. The molecule has 20 heavy (non-hydrogen) atoms. The standard InChI is InChI=1S/C16H34N2O2/c1-7-10-14(3)18(5)13-9-11-16(4,15(19)20-6)17-12-8-2/h14,17H,7-13H2,1-6H3. The van der Waals surface area contributed by atoms with Gasteiger partial charge in [0.05, 0.1) is 7.11 Å². The van der Waals surface area contributed by atoms with Crippen LogP contribution in [0.2, 0.25) is 0 Å². The molecule has 0 radical (unpaired) electrons. The zero-order valence-corrected chi connectivity index (χ0v) is 14.3. The first-order valence-electron chi connectivity index (χ1n) is 7.95. The van der Waals surface area contributed by atoms with E-state index in [1.807, 2.05) is 6.92 Å². The lowest BCUT2D eigenvalue weighted by Gasteiger charge is -2.30. The third-order valence-corrected chi connectivity index (χ3v) is 4.05. The molecule has 0 fully saturated rings. The molecule has 0 heterocycles. The van der Waals surface area contributed by atoms with Crippen molar-refractivity contribution in [1.82, 2.24) is 10.2 Å². The molecule has 120 valence electrons. The van der Waals surface area contributed by atoms with Crippen LogP contribution < -0.4 is 5.32 Å². The first-order chi connectivity index (χ1) is 9.41. The SMILES string of the molecule is CCCNC(C)(CCCN(C)C(C)CCC)C(=O)OC. The van der Waals surface area contributed by atoms with Crippen molar-refractivity contribution in [2.24, 2.45) is 0 Å². The van der Waals surface area contributed by atoms with Crippen molar-refractivity contribution in [3.8, 4) is 0 Å². The molecule has 0 aromatic carbocycles. The van der Waals surface area contributed by atoms with Crippen molar-refractivity contribution < 1.29 is 9.53 Å². The summed E-state index contributed by atoms with van der Waals surface area (Å²) in [5.74, 6) is -0.157. The fraction of sp³-hybridized carbons (Fsp3) is 0.938. The molecule has 2 atom stereocenters. The van der Waals surface area contributed by atoms with Crippen LogP contribution in [0.4, 0.5) is 0 Å². The number of ether oxygens (including phenoxy) is 1. The summed E-state index contributed by atoms with van der Waals surface area (Å²) in [5, 5.41) is 3.33. The molecular weight excluding hydrogens is 252 g/mol. The van der Waals surface area contributed by atoms with E-state index in [1.165, 1.54) is 20.0 Å². The van der Waals surface area contributed by atoms with Crippen LogP contribution in [0.5, 0.6) is 0 Å². The topological polar surface area (TPSA) is 41.6 Å². The maximum atomic E-state index is 12.0. The molecule has 0 aromatic rings. The van der Waals surface area contributed by atoms with Gasteiger partial charge in [-0.3, -0.25) is 4.79 Å². The van der Waals surface area contributed by atoms with E-state index >= 15 is 0 Å². The van der Waals surface area contributed by atoms with Gasteiger partial charge in [0.25, 0.3) is 0 Å². The van der Waals surface area contributed by atoms with Crippen LogP contribution in [0.1, 0.15) is 59.8 Å². The largest absolute Gasteiger partial charge is 0.468 e. The van der Waals surface area contributed by atoms with Crippen LogP contribution in [0.3, 0.4) is 0 Å². The van der Waals surface area contributed by atoms with Gasteiger partial charge in [0, 0.05) is 6.04 Å². The highest BCUT2D eigenvalue weighted by molar-refractivity contribution is 5.80. The quantitative estimate of drug-likeness (QED) is 0.593. The molecule has 0 saturated heterocycles. The molecule has 0 rings (SSSR count). The van der Waals surface area contributed by atoms with Gasteiger partial charge >= 0.3 is 5.97 Å². The molecule has 0 amide bonds. The molecule has 4 nitrogen and oxygen atoms in total. The van der Waals surface area contributed by atoms with Gasteiger partial charge in [-0.1, -0.05) is 20.3 Å². The molecule has 0 spiro atoms. The Balaban J connectivity index is 4.29. The van der Waals surface area contributed by atoms with Gasteiger partial charge in [-0.2, -0.15) is 0 Å². The van der Waals surface area contributed by atoms with Crippen LogP contribution in [0.15, 0.2) is 0 Å². The van der Waals surface area contributed by atoms with E-state index in [0.717, 1.165) is 32.4 Å². The van der Waals surface area contributed by atoms with Gasteiger partial charge in [0.15, 0.2) is 0 Å². The number of nitrogens with zero attached hydrogens (tertiary/aromatic N) is 1. The van der Waals surface area contributed by atoms with E-state index in [-0.39, 0.29) is 5.97 Å². The Morgan fingerprint density at radius 1 is 1.35 bits per heavy atom. The fourth-order valence-corrected chi connectivity index (χ4v) is 2.43. The molecule has 2 unspecified atom stereocenters. The summed E-state index contributed by atoms with van der Waals surface area (Å²) >= 11 is 0. The molecule has 0 aliphatic heterocycles. The summed E-state index contributed by atoms with van der Waals surface area (Å²) < 4.78 is 4.94. The Hall–Kier alpha value is -0.610. The van der Waals surface area contributed by atoms with Crippen molar-refractivity contribution in [3.05, 3.63) is 0 Å². The average molecular weight is 286 g/mol.